The highest BCUT2D eigenvalue weighted by atomic mass is 16.4. The first kappa shape index (κ1) is 19.2. The van der Waals surface area contributed by atoms with Gasteiger partial charge in [-0.25, -0.2) is 0 Å². The standard InChI is InChI=1S/C6H13NO2.C5H12N2O2/c1-3-4(2)5(7)6(8)9;6-3-1-2-4(7)5(8)9/h4-5H,3,7H2,1-2H3,(H,8,9);4H,1-3,6-7H2,(H,8,9)/t4?,5-;4-/m01/s1. The molecule has 0 heterocycles. The van der Waals surface area contributed by atoms with E-state index in [1.807, 2.05) is 13.8 Å². The van der Waals surface area contributed by atoms with Gasteiger partial charge in [-0.1, -0.05) is 20.3 Å². The fourth-order valence-corrected chi connectivity index (χ4v) is 0.959. The maximum atomic E-state index is 10.2. The summed E-state index contributed by atoms with van der Waals surface area (Å²) in [5.41, 5.74) is 15.5. The predicted molar refractivity (Wildman–Crippen MR) is 69.0 cm³/mol. The van der Waals surface area contributed by atoms with Gasteiger partial charge in [0.05, 0.1) is 0 Å². The Balaban J connectivity index is 0. The van der Waals surface area contributed by atoms with Crippen LogP contribution in [0.3, 0.4) is 0 Å². The molecule has 1 unspecified atom stereocenters. The maximum absolute atomic E-state index is 10.2. The van der Waals surface area contributed by atoms with Crippen molar-refractivity contribution in [2.45, 2.75) is 45.2 Å². The van der Waals surface area contributed by atoms with Gasteiger partial charge in [0.1, 0.15) is 12.1 Å². The van der Waals surface area contributed by atoms with Crippen molar-refractivity contribution in [3.63, 3.8) is 0 Å². The van der Waals surface area contributed by atoms with Crippen LogP contribution in [-0.4, -0.2) is 40.8 Å². The highest BCUT2D eigenvalue weighted by Gasteiger charge is 2.17. The lowest BCUT2D eigenvalue weighted by Gasteiger charge is -2.11. The number of rotatable bonds is 7. The van der Waals surface area contributed by atoms with Crippen LogP contribution in [0.5, 0.6) is 0 Å². The third-order valence-corrected chi connectivity index (χ3v) is 2.58. The molecule has 0 aliphatic carbocycles. The molecular weight excluding hydrogens is 238 g/mol. The van der Waals surface area contributed by atoms with Crippen LogP contribution in [0.1, 0.15) is 33.1 Å². The van der Waals surface area contributed by atoms with Crippen molar-refractivity contribution in [3.05, 3.63) is 0 Å². The van der Waals surface area contributed by atoms with E-state index in [9.17, 15) is 9.59 Å². The Labute approximate surface area is 107 Å². The van der Waals surface area contributed by atoms with Gasteiger partial charge in [0, 0.05) is 0 Å². The molecule has 0 aliphatic heterocycles. The number of aliphatic carboxylic acids is 2. The summed E-state index contributed by atoms with van der Waals surface area (Å²) in [4.78, 5) is 20.2. The van der Waals surface area contributed by atoms with Crippen LogP contribution in [0.2, 0.25) is 0 Å². The lowest BCUT2D eigenvalue weighted by atomic mass is 10.0. The molecule has 8 N–H and O–H groups in total. The van der Waals surface area contributed by atoms with Gasteiger partial charge < -0.3 is 27.4 Å². The SMILES string of the molecule is CCC(C)[C@H](N)C(=O)O.NCCC[C@@H](N)C(=O)O. The van der Waals surface area contributed by atoms with Crippen molar-refractivity contribution >= 4 is 11.9 Å². The normalized spacial score (nSPS) is 14.9. The lowest BCUT2D eigenvalue weighted by molar-refractivity contribution is -0.140. The lowest BCUT2D eigenvalue weighted by Crippen LogP contribution is -2.36. The van der Waals surface area contributed by atoms with E-state index in [1.165, 1.54) is 0 Å². The van der Waals surface area contributed by atoms with Gasteiger partial charge in [-0.15, -0.1) is 0 Å². The molecule has 0 aromatic carbocycles. The van der Waals surface area contributed by atoms with Crippen molar-refractivity contribution in [2.75, 3.05) is 6.54 Å². The molecule has 18 heavy (non-hydrogen) atoms. The summed E-state index contributed by atoms with van der Waals surface area (Å²) in [5, 5.41) is 16.6. The summed E-state index contributed by atoms with van der Waals surface area (Å²) in [5.74, 6) is -1.80. The van der Waals surface area contributed by atoms with Crippen LogP contribution in [0.4, 0.5) is 0 Å². The van der Waals surface area contributed by atoms with Crippen LogP contribution in [0.25, 0.3) is 0 Å². The van der Waals surface area contributed by atoms with E-state index in [0.29, 0.717) is 19.4 Å². The fraction of sp³-hybridized carbons (Fsp3) is 0.818. The van der Waals surface area contributed by atoms with E-state index in [2.05, 4.69) is 0 Å². The number of hydrogen-bond donors (Lipinski definition) is 5. The number of hydrogen-bond acceptors (Lipinski definition) is 5. The van der Waals surface area contributed by atoms with E-state index in [1.54, 1.807) is 0 Å². The van der Waals surface area contributed by atoms with Gasteiger partial charge in [-0.2, -0.15) is 0 Å². The van der Waals surface area contributed by atoms with Crippen LogP contribution < -0.4 is 17.2 Å². The van der Waals surface area contributed by atoms with Crippen molar-refractivity contribution in [2.24, 2.45) is 23.1 Å². The van der Waals surface area contributed by atoms with E-state index in [0.717, 1.165) is 6.42 Å². The Hall–Kier alpha value is -1.18. The number of carboxylic acid groups (broad SMARTS) is 2. The van der Waals surface area contributed by atoms with Crippen LogP contribution in [-0.2, 0) is 9.59 Å². The number of nitrogens with two attached hydrogens (primary N) is 3. The third kappa shape index (κ3) is 10.0. The summed E-state index contributed by atoms with van der Waals surface area (Å²) >= 11 is 0. The molecule has 108 valence electrons. The molecule has 7 heteroatoms. The Bertz CT molecular complexity index is 248. The van der Waals surface area contributed by atoms with Gasteiger partial charge in [0.15, 0.2) is 0 Å². The summed E-state index contributed by atoms with van der Waals surface area (Å²) in [6, 6.07) is -1.44. The van der Waals surface area contributed by atoms with Gasteiger partial charge >= 0.3 is 11.9 Å². The number of carboxylic acids is 2. The largest absolute Gasteiger partial charge is 0.480 e. The van der Waals surface area contributed by atoms with Crippen LogP contribution in [0.15, 0.2) is 0 Å². The van der Waals surface area contributed by atoms with E-state index in [-0.39, 0.29) is 5.92 Å². The quantitative estimate of drug-likeness (QED) is 0.418. The molecule has 0 radical (unpaired) electrons. The van der Waals surface area contributed by atoms with Crippen LogP contribution in [0, 0.1) is 5.92 Å². The molecule has 0 aliphatic rings. The van der Waals surface area contributed by atoms with Crippen molar-refractivity contribution in [3.8, 4) is 0 Å². The topological polar surface area (TPSA) is 153 Å². The van der Waals surface area contributed by atoms with E-state index in [4.69, 9.17) is 27.4 Å². The molecule has 0 spiro atoms. The van der Waals surface area contributed by atoms with Gasteiger partial charge in [0.25, 0.3) is 0 Å². The molecule has 3 atom stereocenters. The number of carbonyl (C=O) groups is 2. The monoisotopic (exact) mass is 263 g/mol. The molecule has 0 aromatic heterocycles. The molecule has 0 amide bonds. The minimum Gasteiger partial charge on any atom is -0.480 e. The van der Waals surface area contributed by atoms with Crippen molar-refractivity contribution < 1.29 is 19.8 Å². The molecule has 0 aromatic rings. The van der Waals surface area contributed by atoms with Crippen molar-refractivity contribution in [1.29, 1.82) is 0 Å². The molecular formula is C11H25N3O4. The first-order chi connectivity index (χ1) is 8.27. The Morgan fingerprint density at radius 1 is 1.17 bits per heavy atom. The Morgan fingerprint density at radius 3 is 1.89 bits per heavy atom. The smallest absolute Gasteiger partial charge is 0.320 e. The first-order valence-electron chi connectivity index (χ1n) is 5.94. The zero-order valence-corrected chi connectivity index (χ0v) is 11.0. The minimum atomic E-state index is -0.955. The minimum absolute atomic E-state index is 0.0718. The summed E-state index contributed by atoms with van der Waals surface area (Å²) in [7, 11) is 0. The molecule has 0 saturated carbocycles. The van der Waals surface area contributed by atoms with Gasteiger partial charge in [-0.05, 0) is 25.3 Å². The summed E-state index contributed by atoms with van der Waals surface area (Å²) in [6.07, 6.45) is 1.95. The average molecular weight is 263 g/mol. The first-order valence-corrected chi connectivity index (χ1v) is 5.94. The average Bonchev–Trinajstić information content (AvgIpc) is 2.34. The van der Waals surface area contributed by atoms with E-state index >= 15 is 0 Å². The third-order valence-electron chi connectivity index (χ3n) is 2.58. The van der Waals surface area contributed by atoms with Crippen molar-refractivity contribution in [1.82, 2.24) is 0 Å². The zero-order valence-electron chi connectivity index (χ0n) is 11.0. The van der Waals surface area contributed by atoms with E-state index < -0.39 is 24.0 Å². The second-order valence-corrected chi connectivity index (χ2v) is 4.13. The van der Waals surface area contributed by atoms with Gasteiger partial charge in [0.2, 0.25) is 0 Å². The molecule has 0 bridgehead atoms. The highest BCUT2D eigenvalue weighted by Crippen LogP contribution is 2.04. The maximum Gasteiger partial charge on any atom is 0.320 e. The summed E-state index contributed by atoms with van der Waals surface area (Å²) in [6.45, 7) is 4.26. The second-order valence-electron chi connectivity index (χ2n) is 4.13. The summed E-state index contributed by atoms with van der Waals surface area (Å²) < 4.78 is 0. The molecule has 7 nitrogen and oxygen atoms in total. The molecule has 0 saturated heterocycles. The Morgan fingerprint density at radius 2 is 1.67 bits per heavy atom. The predicted octanol–water partition coefficient (Wildman–Crippen LogP) is -0.418. The fourth-order valence-electron chi connectivity index (χ4n) is 0.959. The zero-order chi connectivity index (χ0) is 14.7. The highest BCUT2D eigenvalue weighted by molar-refractivity contribution is 5.73. The van der Waals surface area contributed by atoms with Crippen LogP contribution >= 0.6 is 0 Å². The second kappa shape index (κ2) is 10.9. The van der Waals surface area contributed by atoms with Gasteiger partial charge in [-0.3, -0.25) is 9.59 Å². The molecule has 0 rings (SSSR count). The Kier molecular flexibility index (Phi) is 11.7. The molecule has 0 fully saturated rings.